The van der Waals surface area contributed by atoms with E-state index in [2.05, 4.69) is 39.0 Å². The largest absolute Gasteiger partial charge is 0.494 e. The molecule has 3 N–H and O–H groups in total. The second-order valence-electron chi connectivity index (χ2n) is 6.37. The van der Waals surface area contributed by atoms with Crippen molar-refractivity contribution in [3.05, 3.63) is 64.1 Å². The number of amides is 1. The van der Waals surface area contributed by atoms with Gasteiger partial charge in [-0.3, -0.25) is 10.2 Å². The van der Waals surface area contributed by atoms with E-state index in [9.17, 15) is 4.79 Å². The van der Waals surface area contributed by atoms with Crippen molar-refractivity contribution in [1.82, 2.24) is 16.2 Å². The van der Waals surface area contributed by atoms with E-state index < -0.39 is 0 Å². The Labute approximate surface area is 162 Å². The van der Waals surface area contributed by atoms with Crippen LogP contribution >= 0.6 is 15.9 Å². The summed E-state index contributed by atoms with van der Waals surface area (Å²) in [6.07, 6.45) is 0.987. The highest BCUT2D eigenvalue weighted by molar-refractivity contribution is 9.10. The molecule has 0 spiro atoms. The Morgan fingerprint density at radius 1 is 1.27 bits per heavy atom. The molecule has 1 aliphatic heterocycles. The van der Waals surface area contributed by atoms with Gasteiger partial charge in [0.05, 0.1) is 18.6 Å². The molecule has 0 radical (unpaired) electrons. The van der Waals surface area contributed by atoms with Crippen molar-refractivity contribution in [2.45, 2.75) is 25.9 Å². The number of ether oxygens (including phenoxy) is 1. The third kappa shape index (κ3) is 4.84. The zero-order valence-electron chi connectivity index (χ0n) is 14.8. The molecule has 138 valence electrons. The zero-order valence-corrected chi connectivity index (χ0v) is 16.4. The molecule has 1 fully saturated rings. The van der Waals surface area contributed by atoms with Gasteiger partial charge in [-0.05, 0) is 41.8 Å². The van der Waals surface area contributed by atoms with Gasteiger partial charge in [-0.25, -0.2) is 5.43 Å². The van der Waals surface area contributed by atoms with E-state index >= 15 is 0 Å². The molecule has 6 heteroatoms. The maximum atomic E-state index is 12.7. The fourth-order valence-corrected chi connectivity index (χ4v) is 3.42. The summed E-state index contributed by atoms with van der Waals surface area (Å²) in [4.78, 5) is 12.7. The van der Waals surface area contributed by atoms with Crippen LogP contribution in [0, 0.1) is 5.92 Å². The van der Waals surface area contributed by atoms with E-state index in [-0.39, 0.29) is 17.9 Å². The maximum Gasteiger partial charge on any atom is 0.226 e. The first-order valence-corrected chi connectivity index (χ1v) is 9.70. The van der Waals surface area contributed by atoms with Crippen LogP contribution in [0.5, 0.6) is 5.75 Å². The van der Waals surface area contributed by atoms with E-state index in [1.807, 2.05) is 48.5 Å². The van der Waals surface area contributed by atoms with Crippen molar-refractivity contribution >= 4 is 21.8 Å². The molecule has 26 heavy (non-hydrogen) atoms. The first kappa shape index (κ1) is 18.9. The topological polar surface area (TPSA) is 62.4 Å². The van der Waals surface area contributed by atoms with Crippen molar-refractivity contribution in [1.29, 1.82) is 0 Å². The van der Waals surface area contributed by atoms with Crippen LogP contribution in [0.4, 0.5) is 0 Å². The van der Waals surface area contributed by atoms with Gasteiger partial charge < -0.3 is 10.1 Å². The van der Waals surface area contributed by atoms with Gasteiger partial charge in [0.2, 0.25) is 5.91 Å². The molecule has 2 unspecified atom stereocenters. The molecule has 3 rings (SSSR count). The van der Waals surface area contributed by atoms with Crippen LogP contribution in [0.15, 0.2) is 53.0 Å². The Hall–Kier alpha value is -1.89. The molecule has 1 amide bonds. The highest BCUT2D eigenvalue weighted by Crippen LogP contribution is 2.27. The first-order chi connectivity index (χ1) is 12.7. The molecule has 5 nitrogen and oxygen atoms in total. The van der Waals surface area contributed by atoms with Crippen molar-refractivity contribution < 1.29 is 9.53 Å². The number of halogens is 1. The van der Waals surface area contributed by atoms with Gasteiger partial charge in [-0.2, -0.15) is 0 Å². The molecule has 2 aromatic rings. The Bertz CT molecular complexity index is 736. The van der Waals surface area contributed by atoms with E-state index in [1.54, 1.807) is 0 Å². The number of hydrazine groups is 1. The number of rotatable bonds is 7. The standard InChI is InChI=1S/C20H24BrN3O2/c1-2-10-26-17-8-6-14(7-9-17)12-22-20(25)18-13-23-24-19(18)15-4-3-5-16(21)11-15/h3-9,11,18-19,23-24H,2,10,12-13H2,1H3,(H,22,25). The van der Waals surface area contributed by atoms with Gasteiger partial charge in [-0.1, -0.05) is 47.1 Å². The third-order valence-electron chi connectivity index (χ3n) is 4.39. The smallest absolute Gasteiger partial charge is 0.226 e. The lowest BCUT2D eigenvalue weighted by atomic mass is 9.94. The van der Waals surface area contributed by atoms with Crippen LogP contribution in [0.25, 0.3) is 0 Å². The van der Waals surface area contributed by atoms with Crippen LogP contribution in [-0.2, 0) is 11.3 Å². The predicted octanol–water partition coefficient (Wildman–Crippen LogP) is 3.32. The van der Waals surface area contributed by atoms with Gasteiger partial charge in [-0.15, -0.1) is 0 Å². The lowest BCUT2D eigenvalue weighted by Crippen LogP contribution is -2.34. The minimum Gasteiger partial charge on any atom is -0.494 e. The Balaban J connectivity index is 1.57. The fourth-order valence-electron chi connectivity index (χ4n) is 3.00. The molecule has 1 heterocycles. The molecule has 1 aliphatic rings. The third-order valence-corrected chi connectivity index (χ3v) is 4.88. The molecule has 2 aromatic carbocycles. The van der Waals surface area contributed by atoms with Gasteiger partial charge >= 0.3 is 0 Å². The first-order valence-electron chi connectivity index (χ1n) is 8.90. The summed E-state index contributed by atoms with van der Waals surface area (Å²) in [7, 11) is 0. The second kappa shape index (κ2) is 9.16. The number of benzene rings is 2. The molecule has 0 bridgehead atoms. The summed E-state index contributed by atoms with van der Waals surface area (Å²) in [6, 6.07) is 15.9. The van der Waals surface area contributed by atoms with Crippen LogP contribution in [0.1, 0.15) is 30.5 Å². The van der Waals surface area contributed by atoms with Crippen molar-refractivity contribution in [2.24, 2.45) is 5.92 Å². The molecular weight excluding hydrogens is 394 g/mol. The van der Waals surface area contributed by atoms with E-state index in [1.165, 1.54) is 0 Å². The van der Waals surface area contributed by atoms with E-state index in [4.69, 9.17) is 4.74 Å². The van der Waals surface area contributed by atoms with Crippen LogP contribution < -0.4 is 20.9 Å². The summed E-state index contributed by atoms with van der Waals surface area (Å²) in [5, 5.41) is 3.05. The summed E-state index contributed by atoms with van der Waals surface area (Å²) in [5.41, 5.74) is 8.45. The lowest BCUT2D eigenvalue weighted by Gasteiger charge is -2.19. The SMILES string of the molecule is CCCOc1ccc(CNC(=O)C2CNNC2c2cccc(Br)c2)cc1. The van der Waals surface area contributed by atoms with Gasteiger partial charge in [0.1, 0.15) is 5.75 Å². The number of carbonyl (C=O) groups is 1. The number of nitrogens with one attached hydrogen (secondary N) is 3. The highest BCUT2D eigenvalue weighted by atomic mass is 79.9. The molecule has 0 saturated carbocycles. The summed E-state index contributed by atoms with van der Waals surface area (Å²) in [6.45, 7) is 3.91. The number of hydrogen-bond acceptors (Lipinski definition) is 4. The van der Waals surface area contributed by atoms with Crippen LogP contribution in [0.2, 0.25) is 0 Å². The van der Waals surface area contributed by atoms with Gasteiger partial charge in [0, 0.05) is 17.6 Å². The summed E-state index contributed by atoms with van der Waals surface area (Å²) < 4.78 is 6.59. The molecular formula is C20H24BrN3O2. The Kier molecular flexibility index (Phi) is 6.66. The van der Waals surface area contributed by atoms with E-state index in [0.717, 1.165) is 34.4 Å². The average Bonchev–Trinajstić information content (AvgIpc) is 3.15. The van der Waals surface area contributed by atoms with E-state index in [0.29, 0.717) is 13.1 Å². The fraction of sp³-hybridized carbons (Fsp3) is 0.350. The predicted molar refractivity (Wildman–Crippen MR) is 106 cm³/mol. The molecule has 1 saturated heterocycles. The lowest BCUT2D eigenvalue weighted by molar-refractivity contribution is -0.125. The van der Waals surface area contributed by atoms with Crippen molar-refractivity contribution in [3.8, 4) is 5.75 Å². The average molecular weight is 418 g/mol. The van der Waals surface area contributed by atoms with Crippen molar-refractivity contribution in [2.75, 3.05) is 13.2 Å². The van der Waals surface area contributed by atoms with Crippen LogP contribution in [0.3, 0.4) is 0 Å². The number of hydrogen-bond donors (Lipinski definition) is 3. The van der Waals surface area contributed by atoms with Crippen LogP contribution in [-0.4, -0.2) is 19.1 Å². The molecule has 0 aromatic heterocycles. The summed E-state index contributed by atoms with van der Waals surface area (Å²) >= 11 is 3.49. The Morgan fingerprint density at radius 2 is 2.08 bits per heavy atom. The Morgan fingerprint density at radius 3 is 2.81 bits per heavy atom. The van der Waals surface area contributed by atoms with Crippen molar-refractivity contribution in [3.63, 3.8) is 0 Å². The molecule has 0 aliphatic carbocycles. The van der Waals surface area contributed by atoms with Gasteiger partial charge in [0.25, 0.3) is 0 Å². The second-order valence-corrected chi connectivity index (χ2v) is 7.29. The highest BCUT2D eigenvalue weighted by Gasteiger charge is 2.33. The maximum absolute atomic E-state index is 12.7. The van der Waals surface area contributed by atoms with Gasteiger partial charge in [0.15, 0.2) is 0 Å². The normalized spacial score (nSPS) is 19.3. The monoisotopic (exact) mass is 417 g/mol. The number of carbonyl (C=O) groups excluding carboxylic acids is 1. The quantitative estimate of drug-likeness (QED) is 0.646. The molecule has 2 atom stereocenters. The zero-order chi connectivity index (χ0) is 18.4. The minimum absolute atomic E-state index is 0.0405. The minimum atomic E-state index is -0.156. The summed E-state index contributed by atoms with van der Waals surface area (Å²) in [5.74, 6) is 0.746.